The molecule has 146 valence electrons. The Morgan fingerprint density at radius 1 is 1.18 bits per heavy atom. The van der Waals surface area contributed by atoms with Gasteiger partial charge in [0, 0.05) is 11.6 Å². The van der Waals surface area contributed by atoms with Crippen LogP contribution in [0, 0.1) is 12.7 Å². The first-order valence-corrected chi connectivity index (χ1v) is 9.35. The van der Waals surface area contributed by atoms with Crippen LogP contribution in [-0.2, 0) is 9.59 Å². The smallest absolute Gasteiger partial charge is 0.257 e. The first-order valence-electron chi connectivity index (χ1n) is 9.35. The van der Waals surface area contributed by atoms with Crippen LogP contribution in [0.4, 0.5) is 10.1 Å². The summed E-state index contributed by atoms with van der Waals surface area (Å²) in [4.78, 5) is 41.6. The first-order chi connectivity index (χ1) is 13.3. The molecule has 0 spiro atoms. The van der Waals surface area contributed by atoms with E-state index in [1.54, 1.807) is 12.1 Å². The maximum Gasteiger partial charge on any atom is 0.257 e. The highest BCUT2D eigenvalue weighted by Gasteiger charge is 2.45. The van der Waals surface area contributed by atoms with Crippen LogP contribution in [0.15, 0.2) is 48.5 Å². The average molecular weight is 382 g/mol. The minimum absolute atomic E-state index is 0.0851. The zero-order valence-electron chi connectivity index (χ0n) is 16.2. The zero-order valence-corrected chi connectivity index (χ0v) is 16.2. The van der Waals surface area contributed by atoms with E-state index in [2.05, 4.69) is 0 Å². The lowest BCUT2D eigenvalue weighted by Gasteiger charge is -2.33. The van der Waals surface area contributed by atoms with Gasteiger partial charge in [0.2, 0.25) is 5.91 Å². The Balaban J connectivity index is 1.96. The number of rotatable bonds is 5. The van der Waals surface area contributed by atoms with Gasteiger partial charge in [0.25, 0.3) is 11.8 Å². The predicted molar refractivity (Wildman–Crippen MR) is 104 cm³/mol. The molecule has 0 radical (unpaired) electrons. The molecule has 5 nitrogen and oxygen atoms in total. The Morgan fingerprint density at radius 3 is 2.43 bits per heavy atom. The number of nitrogens with zero attached hydrogens (tertiary/aromatic N) is 2. The fourth-order valence-corrected chi connectivity index (χ4v) is 3.49. The summed E-state index contributed by atoms with van der Waals surface area (Å²) in [6.45, 7) is 5.64. The summed E-state index contributed by atoms with van der Waals surface area (Å²) in [6.07, 6.45) is 0.560. The highest BCUT2D eigenvalue weighted by molar-refractivity contribution is 6.23. The highest BCUT2D eigenvalue weighted by atomic mass is 19.1. The SMILES string of the molecule is CCC(C)N(C(=O)c1ccccc1C)C1CC(=O)N(c2ccc(F)cc2)C1=O. The molecule has 1 saturated heterocycles. The van der Waals surface area contributed by atoms with E-state index < -0.39 is 23.7 Å². The summed E-state index contributed by atoms with van der Waals surface area (Å²) in [5.74, 6) is -1.57. The molecule has 1 heterocycles. The van der Waals surface area contributed by atoms with Crippen molar-refractivity contribution in [3.8, 4) is 0 Å². The van der Waals surface area contributed by atoms with Crippen LogP contribution in [0.25, 0.3) is 0 Å². The van der Waals surface area contributed by atoms with E-state index in [0.717, 1.165) is 10.5 Å². The number of halogens is 1. The molecule has 6 heteroatoms. The molecule has 2 aromatic carbocycles. The first kappa shape index (κ1) is 19.7. The lowest BCUT2D eigenvalue weighted by atomic mass is 10.0. The topological polar surface area (TPSA) is 57.7 Å². The largest absolute Gasteiger partial charge is 0.323 e. The number of carbonyl (C=O) groups is 3. The molecule has 2 aromatic rings. The maximum absolute atomic E-state index is 13.3. The number of hydrogen-bond acceptors (Lipinski definition) is 3. The lowest BCUT2D eigenvalue weighted by Crippen LogP contribution is -2.49. The van der Waals surface area contributed by atoms with Gasteiger partial charge in [-0.2, -0.15) is 0 Å². The molecular formula is C22H23FN2O3. The van der Waals surface area contributed by atoms with Crippen molar-refractivity contribution < 1.29 is 18.8 Å². The molecule has 0 aromatic heterocycles. The monoisotopic (exact) mass is 382 g/mol. The van der Waals surface area contributed by atoms with E-state index in [1.165, 1.54) is 29.2 Å². The van der Waals surface area contributed by atoms with Gasteiger partial charge in [0.1, 0.15) is 11.9 Å². The van der Waals surface area contributed by atoms with Gasteiger partial charge < -0.3 is 4.90 Å². The van der Waals surface area contributed by atoms with Crippen molar-refractivity contribution in [1.82, 2.24) is 4.90 Å². The number of amides is 3. The van der Waals surface area contributed by atoms with Crippen LogP contribution in [0.1, 0.15) is 42.6 Å². The molecule has 2 unspecified atom stereocenters. The van der Waals surface area contributed by atoms with Crippen LogP contribution in [-0.4, -0.2) is 34.7 Å². The number of anilines is 1. The fourth-order valence-electron chi connectivity index (χ4n) is 3.49. The van der Waals surface area contributed by atoms with Gasteiger partial charge in [-0.05, 0) is 56.2 Å². The Bertz CT molecular complexity index is 910. The van der Waals surface area contributed by atoms with Crippen molar-refractivity contribution >= 4 is 23.4 Å². The number of imide groups is 1. The van der Waals surface area contributed by atoms with Gasteiger partial charge >= 0.3 is 0 Å². The van der Waals surface area contributed by atoms with Crippen molar-refractivity contribution in [2.24, 2.45) is 0 Å². The second-order valence-corrected chi connectivity index (χ2v) is 7.05. The molecule has 0 N–H and O–H groups in total. The third-order valence-corrected chi connectivity index (χ3v) is 5.22. The van der Waals surface area contributed by atoms with Crippen LogP contribution in [0.5, 0.6) is 0 Å². The third kappa shape index (κ3) is 3.54. The second kappa shape index (κ2) is 7.92. The van der Waals surface area contributed by atoms with Crippen molar-refractivity contribution in [1.29, 1.82) is 0 Å². The Hall–Kier alpha value is -3.02. The summed E-state index contributed by atoms with van der Waals surface area (Å²) < 4.78 is 13.2. The van der Waals surface area contributed by atoms with Crippen molar-refractivity contribution in [3.63, 3.8) is 0 Å². The molecule has 0 saturated carbocycles. The highest BCUT2D eigenvalue weighted by Crippen LogP contribution is 2.29. The van der Waals surface area contributed by atoms with Crippen molar-refractivity contribution in [2.45, 2.75) is 45.7 Å². The summed E-state index contributed by atoms with van der Waals surface area (Å²) in [7, 11) is 0. The van der Waals surface area contributed by atoms with Gasteiger partial charge in [-0.1, -0.05) is 25.1 Å². The summed E-state index contributed by atoms with van der Waals surface area (Å²) in [5, 5.41) is 0. The molecule has 1 aliphatic rings. The van der Waals surface area contributed by atoms with Gasteiger partial charge in [0.15, 0.2) is 0 Å². The summed E-state index contributed by atoms with van der Waals surface area (Å²) in [6, 6.07) is 11.3. The van der Waals surface area contributed by atoms with E-state index in [-0.39, 0.29) is 18.4 Å². The lowest BCUT2D eigenvalue weighted by molar-refractivity contribution is -0.122. The predicted octanol–water partition coefficient (Wildman–Crippen LogP) is 3.71. The molecule has 3 amide bonds. The number of hydrogen-bond donors (Lipinski definition) is 0. The third-order valence-electron chi connectivity index (χ3n) is 5.22. The molecule has 0 aliphatic carbocycles. The molecule has 1 aliphatic heterocycles. The van der Waals surface area contributed by atoms with Crippen molar-refractivity contribution in [3.05, 3.63) is 65.5 Å². The van der Waals surface area contributed by atoms with E-state index in [4.69, 9.17) is 0 Å². The van der Waals surface area contributed by atoms with Gasteiger partial charge in [-0.25, -0.2) is 9.29 Å². The van der Waals surface area contributed by atoms with E-state index >= 15 is 0 Å². The Kier molecular flexibility index (Phi) is 5.58. The second-order valence-electron chi connectivity index (χ2n) is 7.05. The van der Waals surface area contributed by atoms with E-state index in [9.17, 15) is 18.8 Å². The Morgan fingerprint density at radius 2 is 1.82 bits per heavy atom. The maximum atomic E-state index is 13.3. The van der Waals surface area contributed by atoms with E-state index in [1.807, 2.05) is 32.9 Å². The van der Waals surface area contributed by atoms with E-state index in [0.29, 0.717) is 17.7 Å². The number of carbonyl (C=O) groups excluding carboxylic acids is 3. The molecule has 28 heavy (non-hydrogen) atoms. The fraction of sp³-hybridized carbons (Fsp3) is 0.318. The summed E-state index contributed by atoms with van der Waals surface area (Å²) >= 11 is 0. The quantitative estimate of drug-likeness (QED) is 0.741. The number of benzene rings is 2. The molecule has 0 bridgehead atoms. The van der Waals surface area contributed by atoms with Gasteiger partial charge in [-0.15, -0.1) is 0 Å². The molecule has 3 rings (SSSR count). The van der Waals surface area contributed by atoms with Gasteiger partial charge in [0.05, 0.1) is 12.1 Å². The normalized spacial score (nSPS) is 17.7. The standard InChI is InChI=1S/C22H23FN2O3/c1-4-15(3)24(21(27)18-8-6-5-7-14(18)2)19-13-20(26)25(22(19)28)17-11-9-16(23)10-12-17/h5-12,15,19H,4,13H2,1-3H3. The Labute approximate surface area is 163 Å². The minimum Gasteiger partial charge on any atom is -0.323 e. The molecular weight excluding hydrogens is 359 g/mol. The van der Waals surface area contributed by atoms with Crippen LogP contribution >= 0.6 is 0 Å². The van der Waals surface area contributed by atoms with Crippen LogP contribution < -0.4 is 4.90 Å². The van der Waals surface area contributed by atoms with Crippen LogP contribution in [0.3, 0.4) is 0 Å². The average Bonchev–Trinajstić information content (AvgIpc) is 2.97. The van der Waals surface area contributed by atoms with Gasteiger partial charge in [-0.3, -0.25) is 14.4 Å². The van der Waals surface area contributed by atoms with Crippen molar-refractivity contribution in [2.75, 3.05) is 4.90 Å². The molecule has 1 fully saturated rings. The minimum atomic E-state index is -0.875. The number of aryl methyl sites for hydroxylation is 1. The summed E-state index contributed by atoms with van der Waals surface area (Å²) in [5.41, 5.74) is 1.64. The molecule has 2 atom stereocenters. The van der Waals surface area contributed by atoms with Crippen LogP contribution in [0.2, 0.25) is 0 Å². The zero-order chi connectivity index (χ0) is 20.4.